The molecular formula is C17H18ClNO2. The highest BCUT2D eigenvalue weighted by molar-refractivity contribution is 6.32. The molecule has 1 aliphatic heterocycles. The fraction of sp³-hybridized carbons (Fsp3) is 0.294. The Morgan fingerprint density at radius 3 is 2.76 bits per heavy atom. The van der Waals surface area contributed by atoms with E-state index in [0.29, 0.717) is 10.8 Å². The van der Waals surface area contributed by atoms with E-state index >= 15 is 0 Å². The smallest absolute Gasteiger partial charge is 0.137 e. The lowest BCUT2D eigenvalue weighted by atomic mass is 9.92. The predicted octanol–water partition coefficient (Wildman–Crippen LogP) is 4.18. The predicted molar refractivity (Wildman–Crippen MR) is 84.1 cm³/mol. The van der Waals surface area contributed by atoms with Crippen LogP contribution in [0.1, 0.15) is 35.3 Å². The largest absolute Gasteiger partial charge is 0.495 e. The first-order valence-corrected chi connectivity index (χ1v) is 7.32. The third-order valence-corrected chi connectivity index (χ3v) is 4.15. The van der Waals surface area contributed by atoms with Crippen LogP contribution in [-0.2, 0) is 0 Å². The van der Waals surface area contributed by atoms with E-state index in [1.165, 1.54) is 5.56 Å². The summed E-state index contributed by atoms with van der Waals surface area (Å²) in [6.07, 6.45) is 0.651. The lowest BCUT2D eigenvalue weighted by molar-refractivity contribution is 0.161. The van der Waals surface area contributed by atoms with Gasteiger partial charge < -0.3 is 15.2 Å². The first-order valence-electron chi connectivity index (χ1n) is 6.94. The fourth-order valence-electron chi connectivity index (χ4n) is 2.71. The number of methoxy groups -OCH3 is 1. The number of nitrogens with two attached hydrogens (primary N) is 1. The number of ether oxygens (including phenoxy) is 2. The molecule has 0 aliphatic carbocycles. The van der Waals surface area contributed by atoms with Crippen molar-refractivity contribution in [1.82, 2.24) is 0 Å². The third-order valence-electron chi connectivity index (χ3n) is 3.85. The van der Waals surface area contributed by atoms with Crippen LogP contribution in [0.2, 0.25) is 5.02 Å². The van der Waals surface area contributed by atoms with Gasteiger partial charge in [0.2, 0.25) is 0 Å². The molecule has 2 N–H and O–H groups in total. The number of halogens is 1. The Labute approximate surface area is 129 Å². The van der Waals surface area contributed by atoms with Crippen molar-refractivity contribution in [1.29, 1.82) is 0 Å². The molecule has 0 radical (unpaired) electrons. The highest BCUT2D eigenvalue weighted by atomic mass is 35.5. The molecule has 0 spiro atoms. The molecule has 3 nitrogen and oxygen atoms in total. The summed E-state index contributed by atoms with van der Waals surface area (Å²) in [6.45, 7) is 2.06. The second kappa shape index (κ2) is 5.58. The number of hydrogen-bond acceptors (Lipinski definition) is 3. The van der Waals surface area contributed by atoms with Gasteiger partial charge in [-0.25, -0.2) is 0 Å². The van der Waals surface area contributed by atoms with Crippen molar-refractivity contribution in [3.05, 3.63) is 58.1 Å². The molecule has 4 heteroatoms. The van der Waals surface area contributed by atoms with E-state index in [2.05, 4.69) is 13.0 Å². The standard InChI is InChI=1S/C17H18ClNO2/c1-10-3-5-15-12(7-10)14(19)9-17(21-15)11-4-6-16(20-2)13(18)8-11/h3-8,14,17H,9,19H2,1-2H3/t14-,17?/m1/s1. The number of fused-ring (bicyclic) bond motifs is 1. The van der Waals surface area contributed by atoms with Gasteiger partial charge in [-0.15, -0.1) is 0 Å². The molecule has 0 fully saturated rings. The molecule has 0 saturated heterocycles. The molecule has 2 atom stereocenters. The monoisotopic (exact) mass is 303 g/mol. The van der Waals surface area contributed by atoms with Gasteiger partial charge in [0.05, 0.1) is 12.1 Å². The van der Waals surface area contributed by atoms with Crippen molar-refractivity contribution in [2.45, 2.75) is 25.5 Å². The van der Waals surface area contributed by atoms with E-state index in [1.54, 1.807) is 7.11 Å². The molecule has 21 heavy (non-hydrogen) atoms. The third kappa shape index (κ3) is 2.71. The first-order chi connectivity index (χ1) is 10.1. The first kappa shape index (κ1) is 14.2. The Balaban J connectivity index is 1.92. The summed E-state index contributed by atoms with van der Waals surface area (Å²) in [7, 11) is 1.60. The zero-order valence-electron chi connectivity index (χ0n) is 12.1. The Hall–Kier alpha value is -1.71. The zero-order chi connectivity index (χ0) is 15.0. The van der Waals surface area contributed by atoms with Crippen LogP contribution in [0.4, 0.5) is 0 Å². The summed E-state index contributed by atoms with van der Waals surface area (Å²) in [5, 5.41) is 0.585. The summed E-state index contributed by atoms with van der Waals surface area (Å²) in [5.41, 5.74) is 9.58. The normalized spacial score (nSPS) is 20.6. The van der Waals surface area contributed by atoms with Crippen molar-refractivity contribution >= 4 is 11.6 Å². The Bertz CT molecular complexity index is 672. The molecule has 0 bridgehead atoms. The number of benzene rings is 2. The van der Waals surface area contributed by atoms with Crippen molar-refractivity contribution in [2.24, 2.45) is 5.73 Å². The maximum absolute atomic E-state index is 6.30. The maximum Gasteiger partial charge on any atom is 0.137 e. The van der Waals surface area contributed by atoms with E-state index in [-0.39, 0.29) is 12.1 Å². The van der Waals surface area contributed by atoms with Gasteiger partial charge in [-0.1, -0.05) is 35.4 Å². The molecule has 0 aromatic heterocycles. The number of hydrogen-bond donors (Lipinski definition) is 1. The van der Waals surface area contributed by atoms with Crippen LogP contribution in [0.15, 0.2) is 36.4 Å². The lowest BCUT2D eigenvalue weighted by Crippen LogP contribution is -2.24. The second-order valence-electron chi connectivity index (χ2n) is 5.38. The van der Waals surface area contributed by atoms with Crippen LogP contribution in [-0.4, -0.2) is 7.11 Å². The topological polar surface area (TPSA) is 44.5 Å². The van der Waals surface area contributed by atoms with Crippen molar-refractivity contribution < 1.29 is 9.47 Å². The summed E-state index contributed by atoms with van der Waals surface area (Å²) in [4.78, 5) is 0. The van der Waals surface area contributed by atoms with Gasteiger partial charge >= 0.3 is 0 Å². The SMILES string of the molecule is COc1ccc(C2C[C@@H](N)c3cc(C)ccc3O2)cc1Cl. The Morgan fingerprint density at radius 1 is 1.24 bits per heavy atom. The van der Waals surface area contributed by atoms with Crippen molar-refractivity contribution in [3.8, 4) is 11.5 Å². The summed E-state index contributed by atoms with van der Waals surface area (Å²) >= 11 is 6.19. The van der Waals surface area contributed by atoms with E-state index < -0.39 is 0 Å². The van der Waals surface area contributed by atoms with Crippen LogP contribution in [0.3, 0.4) is 0 Å². The van der Waals surface area contributed by atoms with Gasteiger partial charge in [-0.3, -0.25) is 0 Å². The van der Waals surface area contributed by atoms with Gasteiger partial charge in [-0.2, -0.15) is 0 Å². The van der Waals surface area contributed by atoms with Gasteiger partial charge in [0.1, 0.15) is 17.6 Å². The second-order valence-corrected chi connectivity index (χ2v) is 5.79. The molecule has 1 heterocycles. The minimum absolute atomic E-state index is 0.0282. The Morgan fingerprint density at radius 2 is 2.05 bits per heavy atom. The average Bonchev–Trinajstić information content (AvgIpc) is 2.47. The quantitative estimate of drug-likeness (QED) is 0.905. The molecular weight excluding hydrogens is 286 g/mol. The van der Waals surface area contributed by atoms with E-state index in [0.717, 1.165) is 23.3 Å². The van der Waals surface area contributed by atoms with Crippen LogP contribution >= 0.6 is 11.6 Å². The number of rotatable bonds is 2. The molecule has 110 valence electrons. The maximum atomic E-state index is 6.30. The van der Waals surface area contributed by atoms with E-state index in [4.69, 9.17) is 26.8 Å². The van der Waals surface area contributed by atoms with Gasteiger partial charge in [0.25, 0.3) is 0 Å². The van der Waals surface area contributed by atoms with Gasteiger partial charge in [-0.05, 0) is 30.7 Å². The van der Waals surface area contributed by atoms with E-state index in [1.807, 2.05) is 30.3 Å². The van der Waals surface area contributed by atoms with Crippen LogP contribution in [0.5, 0.6) is 11.5 Å². The minimum Gasteiger partial charge on any atom is -0.495 e. The zero-order valence-corrected chi connectivity index (χ0v) is 12.9. The van der Waals surface area contributed by atoms with Crippen molar-refractivity contribution in [2.75, 3.05) is 7.11 Å². The number of aryl methyl sites for hydroxylation is 1. The highest BCUT2D eigenvalue weighted by Gasteiger charge is 2.27. The molecule has 0 amide bonds. The van der Waals surface area contributed by atoms with Gasteiger partial charge in [0.15, 0.2) is 0 Å². The average molecular weight is 304 g/mol. The summed E-state index contributed by atoms with van der Waals surface area (Å²) in [6, 6.07) is 11.8. The minimum atomic E-state index is -0.0846. The van der Waals surface area contributed by atoms with Crippen LogP contribution < -0.4 is 15.2 Å². The molecule has 2 aromatic carbocycles. The van der Waals surface area contributed by atoms with E-state index in [9.17, 15) is 0 Å². The van der Waals surface area contributed by atoms with Gasteiger partial charge in [0, 0.05) is 18.0 Å². The summed E-state index contributed by atoms with van der Waals surface area (Å²) < 4.78 is 11.3. The molecule has 1 unspecified atom stereocenters. The molecule has 2 aromatic rings. The molecule has 1 aliphatic rings. The van der Waals surface area contributed by atoms with Crippen LogP contribution in [0, 0.1) is 6.92 Å². The summed E-state index contributed by atoms with van der Waals surface area (Å²) in [5.74, 6) is 1.52. The lowest BCUT2D eigenvalue weighted by Gasteiger charge is -2.31. The van der Waals surface area contributed by atoms with Crippen molar-refractivity contribution in [3.63, 3.8) is 0 Å². The molecule has 3 rings (SSSR count). The fourth-order valence-corrected chi connectivity index (χ4v) is 2.98. The highest BCUT2D eigenvalue weighted by Crippen LogP contribution is 2.41. The molecule has 0 saturated carbocycles. The van der Waals surface area contributed by atoms with Crippen LogP contribution in [0.25, 0.3) is 0 Å². The Kier molecular flexibility index (Phi) is 3.79.